The number of carbonyl (C=O) groups excluding carboxylic acids is 1. The first-order valence-electron chi connectivity index (χ1n) is 6.92. The first kappa shape index (κ1) is 17.9. The van der Waals surface area contributed by atoms with Crippen molar-refractivity contribution in [2.24, 2.45) is 0 Å². The molecule has 1 amide bonds. The summed E-state index contributed by atoms with van der Waals surface area (Å²) in [6.07, 6.45) is -6.31. The molecule has 1 unspecified atom stereocenters. The number of alkyl halides is 3. The van der Waals surface area contributed by atoms with Crippen molar-refractivity contribution >= 4 is 5.91 Å². The molecule has 0 bridgehead atoms. The second-order valence-electron chi connectivity index (χ2n) is 5.25. The van der Waals surface area contributed by atoms with Crippen LogP contribution in [0.1, 0.15) is 16.1 Å². The van der Waals surface area contributed by atoms with Crippen LogP contribution in [0.4, 0.5) is 17.6 Å². The van der Waals surface area contributed by atoms with E-state index in [4.69, 9.17) is 5.11 Å². The van der Waals surface area contributed by atoms with Gasteiger partial charge in [0.2, 0.25) is 0 Å². The minimum Gasteiger partial charge on any atom is -0.382 e. The van der Waals surface area contributed by atoms with E-state index in [2.05, 4.69) is 5.10 Å². The van der Waals surface area contributed by atoms with Gasteiger partial charge in [0.25, 0.3) is 5.91 Å². The topological polar surface area (TPSA) is 58.4 Å². The van der Waals surface area contributed by atoms with Gasteiger partial charge in [-0.25, -0.2) is 9.07 Å². The molecule has 0 saturated heterocycles. The molecule has 1 heterocycles. The minimum absolute atomic E-state index is 0.0233. The molecule has 1 aromatic heterocycles. The first-order chi connectivity index (χ1) is 11.1. The monoisotopic (exact) mass is 345 g/mol. The summed E-state index contributed by atoms with van der Waals surface area (Å²) >= 11 is 0. The Morgan fingerprint density at radius 3 is 2.58 bits per heavy atom. The number of likely N-dealkylation sites (N-methyl/N-ethyl adjacent to an activating group) is 1. The fourth-order valence-corrected chi connectivity index (χ4v) is 2.14. The maximum atomic E-state index is 13.8. The van der Waals surface area contributed by atoms with Crippen LogP contribution in [0.5, 0.6) is 0 Å². The smallest absolute Gasteiger partial charge is 0.382 e. The van der Waals surface area contributed by atoms with Gasteiger partial charge in [0.15, 0.2) is 6.10 Å². The Balaban J connectivity index is 2.25. The Morgan fingerprint density at radius 2 is 2.00 bits per heavy atom. The maximum absolute atomic E-state index is 13.8. The Kier molecular flexibility index (Phi) is 4.93. The lowest BCUT2D eigenvalue weighted by molar-refractivity contribution is -0.205. The first-order valence-corrected chi connectivity index (χ1v) is 6.92. The molecule has 9 heteroatoms. The lowest BCUT2D eigenvalue weighted by Crippen LogP contribution is -2.41. The second-order valence-corrected chi connectivity index (χ2v) is 5.25. The van der Waals surface area contributed by atoms with Crippen LogP contribution in [-0.2, 0) is 0 Å². The van der Waals surface area contributed by atoms with Gasteiger partial charge in [-0.2, -0.15) is 18.3 Å². The molecule has 1 aromatic carbocycles. The van der Waals surface area contributed by atoms with Crippen LogP contribution in [0.3, 0.4) is 0 Å². The van der Waals surface area contributed by atoms with Crippen molar-refractivity contribution in [3.63, 3.8) is 0 Å². The van der Waals surface area contributed by atoms with Gasteiger partial charge in [0.1, 0.15) is 11.5 Å². The van der Waals surface area contributed by atoms with Crippen molar-refractivity contribution in [3.8, 4) is 5.69 Å². The summed E-state index contributed by atoms with van der Waals surface area (Å²) in [5.41, 5.74) is 0.417. The van der Waals surface area contributed by atoms with Gasteiger partial charge in [-0.1, -0.05) is 12.1 Å². The number of aliphatic hydroxyl groups excluding tert-OH is 1. The molecule has 2 aromatic rings. The Labute approximate surface area is 135 Å². The zero-order valence-corrected chi connectivity index (χ0v) is 12.9. The molecule has 1 N–H and O–H groups in total. The summed E-state index contributed by atoms with van der Waals surface area (Å²) in [7, 11) is 1.14. The molecule has 0 radical (unpaired) electrons. The van der Waals surface area contributed by atoms with E-state index in [1.165, 1.54) is 29.8 Å². The molecule has 0 spiro atoms. The second kappa shape index (κ2) is 6.60. The number of benzene rings is 1. The largest absolute Gasteiger partial charge is 0.416 e. The zero-order valence-electron chi connectivity index (χ0n) is 12.9. The number of para-hydroxylation sites is 1. The van der Waals surface area contributed by atoms with Crippen LogP contribution in [0.15, 0.2) is 30.5 Å². The minimum atomic E-state index is -4.82. The Morgan fingerprint density at radius 1 is 1.38 bits per heavy atom. The SMILES string of the molecule is Cc1c(C(=O)N(C)CC(O)C(F)(F)F)cnn1-c1ccccc1F. The summed E-state index contributed by atoms with van der Waals surface area (Å²) in [5, 5.41) is 13.0. The molecule has 1 atom stereocenters. The molecule has 0 saturated carbocycles. The van der Waals surface area contributed by atoms with Crippen molar-refractivity contribution < 1.29 is 27.5 Å². The van der Waals surface area contributed by atoms with E-state index in [9.17, 15) is 22.4 Å². The molecule has 130 valence electrons. The molecule has 2 rings (SSSR count). The normalized spacial score (nSPS) is 13.0. The lowest BCUT2D eigenvalue weighted by Gasteiger charge is -2.22. The van der Waals surface area contributed by atoms with Gasteiger partial charge in [0.05, 0.1) is 24.0 Å². The highest BCUT2D eigenvalue weighted by molar-refractivity contribution is 5.95. The van der Waals surface area contributed by atoms with E-state index >= 15 is 0 Å². The number of hydrogen-bond acceptors (Lipinski definition) is 3. The van der Waals surface area contributed by atoms with Gasteiger partial charge < -0.3 is 10.0 Å². The fraction of sp³-hybridized carbons (Fsp3) is 0.333. The number of halogens is 4. The predicted octanol–water partition coefficient (Wildman–Crippen LogP) is 2.32. The summed E-state index contributed by atoms with van der Waals surface area (Å²) in [4.78, 5) is 13.0. The third-order valence-electron chi connectivity index (χ3n) is 3.49. The average Bonchev–Trinajstić information content (AvgIpc) is 2.87. The third kappa shape index (κ3) is 3.56. The van der Waals surface area contributed by atoms with Crippen LogP contribution in [0.2, 0.25) is 0 Å². The van der Waals surface area contributed by atoms with Crippen LogP contribution in [0.25, 0.3) is 5.69 Å². The van der Waals surface area contributed by atoms with Crippen LogP contribution >= 0.6 is 0 Å². The fourth-order valence-electron chi connectivity index (χ4n) is 2.14. The van der Waals surface area contributed by atoms with E-state index < -0.39 is 30.5 Å². The summed E-state index contributed by atoms with van der Waals surface area (Å²) < 4.78 is 52.1. The van der Waals surface area contributed by atoms with Gasteiger partial charge in [0, 0.05) is 7.05 Å². The van der Waals surface area contributed by atoms with E-state index in [-0.39, 0.29) is 16.9 Å². The van der Waals surface area contributed by atoms with Crippen molar-refractivity contribution in [2.45, 2.75) is 19.2 Å². The third-order valence-corrected chi connectivity index (χ3v) is 3.49. The highest BCUT2D eigenvalue weighted by Gasteiger charge is 2.39. The van der Waals surface area contributed by atoms with Gasteiger partial charge in [-0.05, 0) is 19.1 Å². The number of aliphatic hydroxyl groups is 1. The number of carbonyl (C=O) groups is 1. The predicted molar refractivity (Wildman–Crippen MR) is 77.3 cm³/mol. The van der Waals surface area contributed by atoms with Crippen molar-refractivity contribution in [1.82, 2.24) is 14.7 Å². The summed E-state index contributed by atoms with van der Waals surface area (Å²) in [6, 6.07) is 5.77. The molecule has 0 aliphatic carbocycles. The number of amides is 1. The lowest BCUT2D eigenvalue weighted by atomic mass is 10.2. The van der Waals surface area contributed by atoms with Crippen molar-refractivity contribution in [3.05, 3.63) is 47.5 Å². The Bertz CT molecular complexity index is 743. The van der Waals surface area contributed by atoms with Gasteiger partial charge in [-0.3, -0.25) is 4.79 Å². The van der Waals surface area contributed by atoms with Crippen LogP contribution in [0, 0.1) is 12.7 Å². The van der Waals surface area contributed by atoms with Crippen LogP contribution in [-0.4, -0.2) is 51.6 Å². The summed E-state index contributed by atoms with van der Waals surface area (Å²) in [6.45, 7) is 0.591. The standard InChI is InChI=1S/C15H15F4N3O2/c1-9-10(14(24)21(2)8-13(23)15(17,18)19)7-20-22(9)12-6-4-3-5-11(12)16/h3-7,13,23H,8H2,1-2H3. The van der Waals surface area contributed by atoms with E-state index in [1.54, 1.807) is 6.07 Å². The molecule has 0 fully saturated rings. The highest BCUT2D eigenvalue weighted by Crippen LogP contribution is 2.22. The number of nitrogens with zero attached hydrogens (tertiary/aromatic N) is 3. The van der Waals surface area contributed by atoms with Gasteiger partial charge >= 0.3 is 6.18 Å². The quantitative estimate of drug-likeness (QED) is 0.865. The molecule has 24 heavy (non-hydrogen) atoms. The van der Waals surface area contributed by atoms with Crippen molar-refractivity contribution in [1.29, 1.82) is 0 Å². The van der Waals surface area contributed by atoms with E-state index in [1.807, 2.05) is 0 Å². The number of rotatable bonds is 4. The zero-order chi connectivity index (χ0) is 18.1. The molecule has 0 aliphatic rings. The highest BCUT2D eigenvalue weighted by atomic mass is 19.4. The Hall–Kier alpha value is -2.42. The molecular formula is C15H15F4N3O2. The number of hydrogen-bond donors (Lipinski definition) is 1. The van der Waals surface area contributed by atoms with Crippen molar-refractivity contribution in [2.75, 3.05) is 13.6 Å². The molecular weight excluding hydrogens is 330 g/mol. The molecule has 5 nitrogen and oxygen atoms in total. The number of aromatic nitrogens is 2. The summed E-state index contributed by atoms with van der Waals surface area (Å²) in [5.74, 6) is -1.30. The van der Waals surface area contributed by atoms with E-state index in [0.717, 1.165) is 18.1 Å². The molecule has 0 aliphatic heterocycles. The van der Waals surface area contributed by atoms with E-state index in [0.29, 0.717) is 0 Å². The van der Waals surface area contributed by atoms with Crippen LogP contribution < -0.4 is 0 Å². The maximum Gasteiger partial charge on any atom is 0.416 e. The average molecular weight is 345 g/mol. The van der Waals surface area contributed by atoms with Gasteiger partial charge in [-0.15, -0.1) is 0 Å².